The number of imide groups is 1. The molecule has 2 atom stereocenters. The van der Waals surface area contributed by atoms with Crippen molar-refractivity contribution >= 4 is 18.2 Å². The van der Waals surface area contributed by atoms with Gasteiger partial charge in [-0.3, -0.25) is 4.79 Å². The molecule has 1 saturated carbocycles. The van der Waals surface area contributed by atoms with E-state index >= 15 is 0 Å². The molecule has 1 saturated heterocycles. The van der Waals surface area contributed by atoms with E-state index in [4.69, 9.17) is 4.42 Å². The van der Waals surface area contributed by atoms with Crippen LogP contribution in [0.25, 0.3) is 0 Å². The van der Waals surface area contributed by atoms with E-state index in [0.717, 1.165) is 17.2 Å². The Morgan fingerprint density at radius 3 is 2.17 bits per heavy atom. The highest BCUT2D eigenvalue weighted by molar-refractivity contribution is 6.09. The van der Waals surface area contributed by atoms with Gasteiger partial charge in [0.05, 0.1) is 6.21 Å². The summed E-state index contributed by atoms with van der Waals surface area (Å²) in [6.07, 6.45) is 2.54. The van der Waals surface area contributed by atoms with Crippen molar-refractivity contribution < 1.29 is 14.0 Å². The molecule has 6 heteroatoms. The van der Waals surface area contributed by atoms with Gasteiger partial charge in [0.1, 0.15) is 11.5 Å². The Kier molecular flexibility index (Phi) is 4.28. The molecule has 2 heterocycles. The average Bonchev–Trinajstić information content (AvgIpc) is 3.21. The van der Waals surface area contributed by atoms with Crippen molar-refractivity contribution in [3.05, 3.63) is 95.4 Å². The van der Waals surface area contributed by atoms with E-state index in [1.54, 1.807) is 0 Å². The molecular weight excluding hydrogens is 378 g/mol. The molecule has 2 aliphatic rings. The van der Waals surface area contributed by atoms with Gasteiger partial charge < -0.3 is 9.73 Å². The van der Waals surface area contributed by atoms with Crippen LogP contribution in [0.1, 0.15) is 41.9 Å². The molecule has 2 fully saturated rings. The minimum absolute atomic E-state index is 0.452. The topological polar surface area (TPSA) is 74.9 Å². The fourth-order valence-electron chi connectivity index (χ4n) is 4.03. The number of nitrogens with one attached hydrogen (secondary N) is 1. The average molecular weight is 399 g/mol. The lowest BCUT2D eigenvalue weighted by atomic mass is 9.83. The van der Waals surface area contributed by atoms with Crippen LogP contribution in [0.15, 0.2) is 82.3 Å². The van der Waals surface area contributed by atoms with Crippen LogP contribution >= 0.6 is 0 Å². The van der Waals surface area contributed by atoms with Crippen molar-refractivity contribution in [1.82, 2.24) is 10.3 Å². The molecule has 0 spiro atoms. The van der Waals surface area contributed by atoms with E-state index < -0.39 is 17.5 Å². The number of hydrazone groups is 1. The summed E-state index contributed by atoms with van der Waals surface area (Å²) in [6, 6.07) is 21.6. The molecule has 1 N–H and O–H groups in total. The zero-order valence-corrected chi connectivity index (χ0v) is 16.5. The second kappa shape index (κ2) is 6.99. The summed E-state index contributed by atoms with van der Waals surface area (Å²) in [5.74, 6) is 2.06. The highest BCUT2D eigenvalue weighted by Gasteiger charge is 2.54. The molecule has 1 aliphatic carbocycles. The Labute approximate surface area is 174 Å². The standard InChI is InChI=1S/C24H21N3O3/c1-16-14-20(16)21-13-12-19(30-21)15-25-27-22(28)24(26-23(27)29,17-8-4-2-5-9-17)18-10-6-3-7-11-18/h2-13,15-16,20H,14H2,1H3,(H,26,29)/b25-15-/t16-,20-/m0/s1. The SMILES string of the molecule is C[C@H]1C[C@@H]1c1ccc(/C=N\N2C(=O)NC(c3ccccc3)(c3ccccc3)C2=O)o1. The minimum atomic E-state index is -1.32. The van der Waals surface area contributed by atoms with Crippen LogP contribution in [-0.2, 0) is 10.3 Å². The zero-order chi connectivity index (χ0) is 20.7. The number of urea groups is 1. The number of nitrogens with zero attached hydrogens (tertiary/aromatic N) is 2. The predicted molar refractivity (Wildman–Crippen MR) is 112 cm³/mol. The van der Waals surface area contributed by atoms with Gasteiger partial charge in [-0.1, -0.05) is 67.6 Å². The van der Waals surface area contributed by atoms with Gasteiger partial charge in [0, 0.05) is 5.92 Å². The smallest absolute Gasteiger partial charge is 0.346 e. The summed E-state index contributed by atoms with van der Waals surface area (Å²) in [5.41, 5.74) is 0.0276. The first-order chi connectivity index (χ1) is 14.6. The Morgan fingerprint density at radius 1 is 1.00 bits per heavy atom. The third-order valence-electron chi connectivity index (χ3n) is 5.84. The molecule has 1 aromatic heterocycles. The first-order valence-corrected chi connectivity index (χ1v) is 10.0. The summed E-state index contributed by atoms with van der Waals surface area (Å²) < 4.78 is 5.81. The number of amides is 3. The van der Waals surface area contributed by atoms with E-state index in [-0.39, 0.29) is 0 Å². The molecule has 1 aliphatic heterocycles. The second-order valence-corrected chi connectivity index (χ2v) is 7.83. The number of hydrogen-bond acceptors (Lipinski definition) is 4. The van der Waals surface area contributed by atoms with Gasteiger partial charge in [-0.15, -0.1) is 5.01 Å². The number of carbonyl (C=O) groups is 2. The van der Waals surface area contributed by atoms with E-state index in [1.807, 2.05) is 72.8 Å². The molecule has 150 valence electrons. The number of rotatable bonds is 5. The van der Waals surface area contributed by atoms with E-state index in [1.165, 1.54) is 6.21 Å². The Hall–Kier alpha value is -3.67. The molecule has 6 nitrogen and oxygen atoms in total. The number of benzene rings is 2. The Bertz CT molecular complexity index is 1080. The molecular formula is C24H21N3O3. The van der Waals surface area contributed by atoms with Crippen molar-refractivity contribution in [2.24, 2.45) is 11.0 Å². The van der Waals surface area contributed by atoms with Crippen LogP contribution in [0.5, 0.6) is 0 Å². The summed E-state index contributed by atoms with van der Waals surface area (Å²) in [7, 11) is 0. The van der Waals surface area contributed by atoms with Gasteiger partial charge in [0.15, 0.2) is 5.54 Å². The molecule has 3 amide bonds. The Morgan fingerprint density at radius 2 is 1.60 bits per heavy atom. The van der Waals surface area contributed by atoms with Crippen LogP contribution in [0.2, 0.25) is 0 Å². The molecule has 0 bridgehead atoms. The highest BCUT2D eigenvalue weighted by Crippen LogP contribution is 2.47. The van der Waals surface area contributed by atoms with Crippen molar-refractivity contribution in [3.63, 3.8) is 0 Å². The van der Waals surface area contributed by atoms with Gasteiger partial charge in [0.25, 0.3) is 5.91 Å². The van der Waals surface area contributed by atoms with Crippen molar-refractivity contribution in [1.29, 1.82) is 0 Å². The van der Waals surface area contributed by atoms with E-state index in [9.17, 15) is 9.59 Å². The normalized spacial score (nSPS) is 22.5. The summed E-state index contributed by atoms with van der Waals surface area (Å²) in [5, 5.41) is 7.91. The first-order valence-electron chi connectivity index (χ1n) is 10.0. The predicted octanol–water partition coefficient (Wildman–Crippen LogP) is 4.23. The van der Waals surface area contributed by atoms with Crippen LogP contribution in [-0.4, -0.2) is 23.2 Å². The summed E-state index contributed by atoms with van der Waals surface area (Å²) in [4.78, 5) is 26.3. The number of carbonyl (C=O) groups excluding carboxylic acids is 2. The number of furan rings is 1. The fraction of sp³-hybridized carbons (Fsp3) is 0.208. The molecule has 3 aromatic rings. The van der Waals surface area contributed by atoms with Gasteiger partial charge in [-0.2, -0.15) is 5.10 Å². The van der Waals surface area contributed by atoms with Gasteiger partial charge >= 0.3 is 6.03 Å². The minimum Gasteiger partial charge on any atom is -0.460 e. The quantitative estimate of drug-likeness (QED) is 0.515. The third kappa shape index (κ3) is 2.92. The molecule has 30 heavy (non-hydrogen) atoms. The maximum absolute atomic E-state index is 13.5. The molecule has 0 radical (unpaired) electrons. The van der Waals surface area contributed by atoms with Crippen LogP contribution < -0.4 is 5.32 Å². The first kappa shape index (κ1) is 18.4. The second-order valence-electron chi connectivity index (χ2n) is 7.83. The molecule has 0 unspecified atom stereocenters. The van der Waals surface area contributed by atoms with Crippen molar-refractivity contribution in [2.75, 3.05) is 0 Å². The lowest BCUT2D eigenvalue weighted by Crippen LogP contribution is -2.44. The number of hydrogen-bond donors (Lipinski definition) is 1. The van der Waals surface area contributed by atoms with E-state index in [2.05, 4.69) is 17.3 Å². The largest absolute Gasteiger partial charge is 0.460 e. The zero-order valence-electron chi connectivity index (χ0n) is 16.5. The summed E-state index contributed by atoms with van der Waals surface area (Å²) in [6.45, 7) is 2.18. The molecule has 2 aromatic carbocycles. The van der Waals surface area contributed by atoms with Crippen molar-refractivity contribution in [2.45, 2.75) is 24.8 Å². The van der Waals surface area contributed by atoms with Crippen molar-refractivity contribution in [3.8, 4) is 0 Å². The van der Waals surface area contributed by atoms with Crippen LogP contribution in [0.4, 0.5) is 4.79 Å². The van der Waals surface area contributed by atoms with Gasteiger partial charge in [-0.05, 0) is 35.6 Å². The summed E-state index contributed by atoms with van der Waals surface area (Å²) >= 11 is 0. The fourth-order valence-corrected chi connectivity index (χ4v) is 4.03. The Balaban J connectivity index is 1.49. The monoisotopic (exact) mass is 399 g/mol. The lowest BCUT2D eigenvalue weighted by molar-refractivity contribution is -0.130. The van der Waals surface area contributed by atoms with Gasteiger partial charge in [0.2, 0.25) is 0 Å². The third-order valence-corrected chi connectivity index (χ3v) is 5.84. The molecule has 5 rings (SSSR count). The maximum atomic E-state index is 13.5. The maximum Gasteiger partial charge on any atom is 0.346 e. The van der Waals surface area contributed by atoms with Crippen LogP contribution in [0.3, 0.4) is 0 Å². The van der Waals surface area contributed by atoms with Gasteiger partial charge in [-0.25, -0.2) is 4.79 Å². The highest BCUT2D eigenvalue weighted by atomic mass is 16.3. The van der Waals surface area contributed by atoms with E-state index in [0.29, 0.717) is 28.7 Å². The van der Waals surface area contributed by atoms with Crippen LogP contribution in [0, 0.1) is 5.92 Å². The lowest BCUT2D eigenvalue weighted by Gasteiger charge is -2.27.